The zero-order chi connectivity index (χ0) is 21.4. The van der Waals surface area contributed by atoms with Gasteiger partial charge in [0.1, 0.15) is 5.75 Å². The highest BCUT2D eigenvalue weighted by Crippen LogP contribution is 2.39. The summed E-state index contributed by atoms with van der Waals surface area (Å²) in [5.74, 6) is 1.33. The lowest BCUT2D eigenvalue weighted by molar-refractivity contribution is 0.0925. The molecule has 31 heavy (non-hydrogen) atoms. The van der Waals surface area contributed by atoms with Crippen molar-refractivity contribution in [2.24, 2.45) is 0 Å². The van der Waals surface area contributed by atoms with Gasteiger partial charge in [0.05, 0.1) is 29.4 Å². The Balaban J connectivity index is 1.53. The summed E-state index contributed by atoms with van der Waals surface area (Å²) in [7, 11) is 4.00. The maximum atomic E-state index is 13.4. The maximum Gasteiger partial charge on any atom is 0.255 e. The lowest BCUT2D eigenvalue weighted by Crippen LogP contribution is -2.33. The third-order valence-electron chi connectivity index (χ3n) is 6.65. The predicted octanol–water partition coefficient (Wildman–Crippen LogP) is 5.21. The molecule has 5 rings (SSSR count). The number of carbonyl (C=O) groups is 1. The van der Waals surface area contributed by atoms with Crippen molar-refractivity contribution >= 4 is 22.5 Å². The molecule has 3 aromatic rings. The van der Waals surface area contributed by atoms with Crippen molar-refractivity contribution in [1.29, 1.82) is 0 Å². The SMILES string of the molecule is CN(C)c1c(C(=O)N[C@H]2CCOc3ccccc32)cnc2c(C3CCCC3)cccc12. The van der Waals surface area contributed by atoms with Crippen molar-refractivity contribution in [3.63, 3.8) is 0 Å². The van der Waals surface area contributed by atoms with Gasteiger partial charge in [0.15, 0.2) is 0 Å². The van der Waals surface area contributed by atoms with Gasteiger partial charge in [-0.3, -0.25) is 9.78 Å². The molecular weight excluding hydrogens is 386 g/mol. The van der Waals surface area contributed by atoms with Crippen LogP contribution < -0.4 is 15.0 Å². The molecule has 0 saturated heterocycles. The van der Waals surface area contributed by atoms with Gasteiger partial charge in [-0.1, -0.05) is 49.2 Å². The highest BCUT2D eigenvalue weighted by molar-refractivity contribution is 6.08. The number of nitrogens with zero attached hydrogens (tertiary/aromatic N) is 2. The number of benzene rings is 2. The number of pyridine rings is 1. The maximum absolute atomic E-state index is 13.4. The molecule has 1 aromatic heterocycles. The molecule has 1 aliphatic carbocycles. The largest absolute Gasteiger partial charge is 0.493 e. The van der Waals surface area contributed by atoms with Gasteiger partial charge in [-0.25, -0.2) is 0 Å². The summed E-state index contributed by atoms with van der Waals surface area (Å²) >= 11 is 0. The predicted molar refractivity (Wildman–Crippen MR) is 124 cm³/mol. The van der Waals surface area contributed by atoms with Gasteiger partial charge in [-0.05, 0) is 30.4 Å². The number of nitrogens with one attached hydrogen (secondary N) is 1. The Morgan fingerprint density at radius 3 is 2.61 bits per heavy atom. The minimum Gasteiger partial charge on any atom is -0.493 e. The number of anilines is 1. The average Bonchev–Trinajstić information content (AvgIpc) is 3.32. The topological polar surface area (TPSA) is 54.5 Å². The van der Waals surface area contributed by atoms with Crippen molar-refractivity contribution in [1.82, 2.24) is 10.3 Å². The summed E-state index contributed by atoms with van der Waals surface area (Å²) < 4.78 is 5.75. The first-order valence-electron chi connectivity index (χ1n) is 11.2. The second-order valence-electron chi connectivity index (χ2n) is 8.84. The molecule has 1 fully saturated rings. The van der Waals surface area contributed by atoms with E-state index in [1.54, 1.807) is 6.20 Å². The van der Waals surface area contributed by atoms with Gasteiger partial charge in [0, 0.05) is 37.7 Å². The Morgan fingerprint density at radius 2 is 1.81 bits per heavy atom. The summed E-state index contributed by atoms with van der Waals surface area (Å²) in [5, 5.41) is 4.29. The number of para-hydroxylation sites is 2. The van der Waals surface area contributed by atoms with E-state index in [0.717, 1.165) is 34.3 Å². The third kappa shape index (κ3) is 3.62. The molecule has 0 spiro atoms. The van der Waals surface area contributed by atoms with E-state index in [4.69, 9.17) is 9.72 Å². The molecule has 0 bridgehead atoms. The molecule has 1 saturated carbocycles. The van der Waals surface area contributed by atoms with Crippen LogP contribution in [0.25, 0.3) is 10.9 Å². The van der Waals surface area contributed by atoms with Gasteiger partial charge < -0.3 is 15.0 Å². The van der Waals surface area contributed by atoms with Crippen LogP contribution >= 0.6 is 0 Å². The smallest absolute Gasteiger partial charge is 0.255 e. The van der Waals surface area contributed by atoms with E-state index in [1.807, 2.05) is 43.3 Å². The number of rotatable bonds is 4. The third-order valence-corrected chi connectivity index (χ3v) is 6.65. The first-order valence-corrected chi connectivity index (χ1v) is 11.2. The van der Waals surface area contributed by atoms with Crippen LogP contribution in [-0.2, 0) is 0 Å². The highest BCUT2D eigenvalue weighted by Gasteiger charge is 2.26. The highest BCUT2D eigenvalue weighted by atomic mass is 16.5. The van der Waals surface area contributed by atoms with E-state index >= 15 is 0 Å². The average molecular weight is 416 g/mol. The van der Waals surface area contributed by atoms with Crippen LogP contribution in [0, 0.1) is 0 Å². The fraction of sp³-hybridized carbons (Fsp3) is 0.385. The van der Waals surface area contributed by atoms with E-state index in [9.17, 15) is 4.79 Å². The second-order valence-corrected chi connectivity index (χ2v) is 8.84. The Hall–Kier alpha value is -3.08. The van der Waals surface area contributed by atoms with Crippen molar-refractivity contribution in [2.75, 3.05) is 25.6 Å². The number of ether oxygens (including phenoxy) is 1. The zero-order valence-electron chi connectivity index (χ0n) is 18.2. The Morgan fingerprint density at radius 1 is 1.03 bits per heavy atom. The van der Waals surface area contributed by atoms with Crippen molar-refractivity contribution in [3.05, 3.63) is 65.4 Å². The number of hydrogen-bond donors (Lipinski definition) is 1. The number of hydrogen-bond acceptors (Lipinski definition) is 4. The van der Waals surface area contributed by atoms with E-state index in [1.165, 1.54) is 31.2 Å². The Kier molecular flexibility index (Phi) is 5.26. The van der Waals surface area contributed by atoms with E-state index in [-0.39, 0.29) is 11.9 Å². The van der Waals surface area contributed by atoms with Crippen LogP contribution in [0.2, 0.25) is 0 Å². The van der Waals surface area contributed by atoms with Crippen LogP contribution in [0.3, 0.4) is 0 Å². The number of amides is 1. The van der Waals surface area contributed by atoms with Gasteiger partial charge in [0.2, 0.25) is 0 Å². The Labute approximate surface area is 183 Å². The Bertz CT molecular complexity index is 1120. The van der Waals surface area contributed by atoms with E-state index in [2.05, 4.69) is 23.5 Å². The van der Waals surface area contributed by atoms with Crippen molar-refractivity contribution in [3.8, 4) is 5.75 Å². The van der Waals surface area contributed by atoms with Crippen molar-refractivity contribution < 1.29 is 9.53 Å². The number of aromatic nitrogens is 1. The molecule has 1 atom stereocenters. The molecule has 0 unspecified atom stereocenters. The quantitative estimate of drug-likeness (QED) is 0.635. The summed E-state index contributed by atoms with van der Waals surface area (Å²) in [6.07, 6.45) is 7.54. The first-order chi connectivity index (χ1) is 15.1. The monoisotopic (exact) mass is 415 g/mol. The van der Waals surface area contributed by atoms with Crippen LogP contribution in [0.4, 0.5) is 5.69 Å². The summed E-state index contributed by atoms with van der Waals surface area (Å²) in [6.45, 7) is 0.600. The standard InChI is InChI=1S/C26H29N3O2/c1-29(2)25-20-12-7-11-18(17-8-3-4-9-17)24(20)27-16-21(25)26(30)28-22-14-15-31-23-13-6-5-10-19(22)23/h5-7,10-13,16-17,22H,3-4,8-9,14-15H2,1-2H3,(H,28,30)/t22-/m0/s1. The molecule has 2 heterocycles. The van der Waals surface area contributed by atoms with Gasteiger partial charge >= 0.3 is 0 Å². The molecule has 1 amide bonds. The molecule has 5 nitrogen and oxygen atoms in total. The molecule has 0 radical (unpaired) electrons. The molecule has 2 aliphatic rings. The summed E-state index contributed by atoms with van der Waals surface area (Å²) in [6, 6.07) is 14.3. The number of fused-ring (bicyclic) bond motifs is 2. The summed E-state index contributed by atoms with van der Waals surface area (Å²) in [5.41, 5.74) is 4.94. The van der Waals surface area contributed by atoms with Gasteiger partial charge in [-0.2, -0.15) is 0 Å². The lowest BCUT2D eigenvalue weighted by Gasteiger charge is -2.27. The minimum absolute atomic E-state index is 0.0621. The first kappa shape index (κ1) is 19.9. The zero-order valence-corrected chi connectivity index (χ0v) is 18.2. The fourth-order valence-corrected chi connectivity index (χ4v) is 5.17. The molecule has 160 valence electrons. The second kappa shape index (κ2) is 8.22. The molecule has 1 N–H and O–H groups in total. The normalized spacial score (nSPS) is 18.5. The van der Waals surface area contributed by atoms with E-state index < -0.39 is 0 Å². The minimum atomic E-state index is -0.0916. The molecule has 2 aromatic carbocycles. The lowest BCUT2D eigenvalue weighted by atomic mass is 9.93. The van der Waals surface area contributed by atoms with Gasteiger partial charge in [0.25, 0.3) is 5.91 Å². The van der Waals surface area contributed by atoms with E-state index in [0.29, 0.717) is 18.1 Å². The van der Waals surface area contributed by atoms with Gasteiger partial charge in [-0.15, -0.1) is 0 Å². The molecule has 1 aliphatic heterocycles. The number of carbonyl (C=O) groups excluding carboxylic acids is 1. The summed E-state index contributed by atoms with van der Waals surface area (Å²) in [4.78, 5) is 20.3. The molecule has 5 heteroatoms. The van der Waals surface area contributed by atoms with Crippen LogP contribution in [0.15, 0.2) is 48.7 Å². The van der Waals surface area contributed by atoms with Crippen LogP contribution in [0.1, 0.15) is 65.5 Å². The molecular formula is C26H29N3O2. The van der Waals surface area contributed by atoms with Crippen LogP contribution in [0.5, 0.6) is 5.75 Å². The van der Waals surface area contributed by atoms with Crippen molar-refractivity contribution in [2.45, 2.75) is 44.1 Å². The van der Waals surface area contributed by atoms with Crippen LogP contribution in [-0.4, -0.2) is 31.6 Å². The fourth-order valence-electron chi connectivity index (χ4n) is 5.17.